The molecule has 2 aromatic rings. The van der Waals surface area contributed by atoms with Gasteiger partial charge in [-0.2, -0.15) is 17.9 Å². The van der Waals surface area contributed by atoms with Crippen molar-refractivity contribution >= 4 is 59.2 Å². The Kier molecular flexibility index (Phi) is 15.7. The number of hydrogen-bond acceptors (Lipinski definition) is 8. The van der Waals surface area contributed by atoms with Crippen molar-refractivity contribution in [3.63, 3.8) is 0 Å². The topological polar surface area (TPSA) is 109 Å². The minimum Gasteiger partial charge on any atom is -0.362 e. The molecule has 2 aromatic carbocycles. The number of hydrogen-bond donors (Lipinski definition) is 3. The summed E-state index contributed by atoms with van der Waals surface area (Å²) in [7, 11) is 1.77. The van der Waals surface area contributed by atoms with E-state index >= 15 is 0 Å². The summed E-state index contributed by atoms with van der Waals surface area (Å²) in [5.41, 5.74) is 5.07. The predicted octanol–water partition coefficient (Wildman–Crippen LogP) is 4.27. The van der Waals surface area contributed by atoms with Gasteiger partial charge in [-0.05, 0) is 81.0 Å². The van der Waals surface area contributed by atoms with Crippen molar-refractivity contribution in [2.24, 2.45) is 0 Å². The van der Waals surface area contributed by atoms with E-state index in [4.69, 9.17) is 6.42 Å². The largest absolute Gasteiger partial charge is 0.362 e. The molecule has 0 radical (unpaired) electrons. The second kappa shape index (κ2) is 19.1. The van der Waals surface area contributed by atoms with Crippen LogP contribution in [0.25, 0.3) is 0 Å². The molecule has 1 heterocycles. The van der Waals surface area contributed by atoms with Gasteiger partial charge in [0.05, 0.1) is 13.1 Å². The van der Waals surface area contributed by atoms with Gasteiger partial charge < -0.3 is 25.3 Å². The standard InChI is InChI=1S/C33H38N6O3S.CH4S/c1-6-16-36-32(41)26(22-34)15-18-38(7-2)33(42)30(43-5)13-17-35-27-9-8-10-28(21-27)37(4)31(40)23-39-19-14-25-20-24(3)11-12-29(25)39;1-2/h1,8-13,15,17,20-21,30,35H,7,14,16,18-19,23H2,2-5H3,(H,36,41);2H,1H3/b17-13?,26-15+;. The molecule has 3 amide bonds. The number of fused-ring (bicyclic) bond motifs is 1. The zero-order valence-corrected chi connectivity index (χ0v) is 28.3. The van der Waals surface area contributed by atoms with E-state index in [1.54, 1.807) is 35.4 Å². The van der Waals surface area contributed by atoms with Crippen LogP contribution in [0.5, 0.6) is 0 Å². The highest BCUT2D eigenvalue weighted by molar-refractivity contribution is 8.00. The summed E-state index contributed by atoms with van der Waals surface area (Å²) in [6, 6.07) is 15.7. The van der Waals surface area contributed by atoms with E-state index in [0.29, 0.717) is 13.1 Å². The molecule has 0 aromatic heterocycles. The molecule has 0 saturated heterocycles. The number of nitrogens with one attached hydrogen (secondary N) is 2. The van der Waals surface area contributed by atoms with Crippen LogP contribution in [0.1, 0.15) is 18.1 Å². The normalized spacial score (nSPS) is 12.6. The van der Waals surface area contributed by atoms with Crippen LogP contribution in [0.2, 0.25) is 0 Å². The van der Waals surface area contributed by atoms with Crippen molar-refractivity contribution < 1.29 is 14.4 Å². The molecule has 45 heavy (non-hydrogen) atoms. The number of terminal acetylenes is 1. The van der Waals surface area contributed by atoms with E-state index in [9.17, 15) is 19.6 Å². The molecular formula is C34H42N6O3S2. The average Bonchev–Trinajstić information content (AvgIpc) is 3.45. The number of thiol groups is 1. The van der Waals surface area contributed by atoms with Gasteiger partial charge in [-0.3, -0.25) is 14.4 Å². The van der Waals surface area contributed by atoms with Crippen molar-refractivity contribution in [2.45, 2.75) is 25.5 Å². The van der Waals surface area contributed by atoms with Crippen molar-refractivity contribution in [3.8, 4) is 18.4 Å². The molecule has 2 N–H and O–H groups in total. The highest BCUT2D eigenvalue weighted by atomic mass is 32.2. The second-order valence-electron chi connectivity index (χ2n) is 9.96. The van der Waals surface area contributed by atoms with E-state index in [0.717, 1.165) is 30.0 Å². The summed E-state index contributed by atoms with van der Waals surface area (Å²) in [6.45, 7) is 5.58. The first kappa shape index (κ1) is 36.9. The predicted molar refractivity (Wildman–Crippen MR) is 190 cm³/mol. The number of aryl methyl sites for hydroxylation is 1. The molecule has 9 nitrogen and oxygen atoms in total. The SMILES string of the molecule is C#CCNC(=O)/C(C#N)=C/CN(CC)C(=O)C(C=CNc1cccc(N(C)C(=O)CN2CCc3cc(C)ccc32)c1)SC.CS. The lowest BCUT2D eigenvalue weighted by Gasteiger charge is -2.24. The van der Waals surface area contributed by atoms with Gasteiger partial charge in [0.15, 0.2) is 0 Å². The number of nitrogens with zero attached hydrogens (tertiary/aromatic N) is 4. The number of thioether (sulfide) groups is 1. The Morgan fingerprint density at radius 1 is 1.22 bits per heavy atom. The first-order valence-electron chi connectivity index (χ1n) is 14.4. The van der Waals surface area contributed by atoms with Crippen LogP contribution in [-0.2, 0) is 20.8 Å². The molecule has 3 rings (SSSR count). The molecule has 1 aliphatic heterocycles. The molecule has 0 spiro atoms. The number of benzene rings is 2. The molecule has 1 unspecified atom stereocenters. The van der Waals surface area contributed by atoms with Crippen molar-refractivity contribution in [2.75, 3.05) is 67.4 Å². The van der Waals surface area contributed by atoms with Crippen molar-refractivity contribution in [1.82, 2.24) is 10.2 Å². The molecule has 238 valence electrons. The molecule has 1 atom stereocenters. The van der Waals surface area contributed by atoms with Gasteiger partial charge in [-0.25, -0.2) is 0 Å². The maximum Gasteiger partial charge on any atom is 0.262 e. The maximum absolute atomic E-state index is 13.2. The Morgan fingerprint density at radius 2 is 1.98 bits per heavy atom. The van der Waals surface area contributed by atoms with E-state index in [1.807, 2.05) is 43.5 Å². The van der Waals surface area contributed by atoms with Crippen LogP contribution in [-0.4, -0.2) is 80.2 Å². The van der Waals surface area contributed by atoms with Gasteiger partial charge in [-0.15, -0.1) is 18.2 Å². The van der Waals surface area contributed by atoms with Crippen LogP contribution in [0.15, 0.2) is 66.4 Å². The molecular weight excluding hydrogens is 605 g/mol. The van der Waals surface area contributed by atoms with Gasteiger partial charge in [0.1, 0.15) is 16.9 Å². The molecule has 1 aliphatic rings. The number of amides is 3. The highest BCUT2D eigenvalue weighted by Gasteiger charge is 2.23. The third-order valence-corrected chi connectivity index (χ3v) is 7.97. The first-order chi connectivity index (χ1) is 21.7. The fourth-order valence-electron chi connectivity index (χ4n) is 4.65. The molecule has 0 aliphatic carbocycles. The van der Waals surface area contributed by atoms with Crippen LogP contribution in [0, 0.1) is 30.6 Å². The van der Waals surface area contributed by atoms with Gasteiger partial charge in [-0.1, -0.05) is 29.7 Å². The zero-order chi connectivity index (χ0) is 33.4. The van der Waals surface area contributed by atoms with Gasteiger partial charge >= 0.3 is 0 Å². The summed E-state index contributed by atoms with van der Waals surface area (Å²) in [6.07, 6.45) is 14.5. The fourth-order valence-corrected chi connectivity index (χ4v) is 5.23. The quantitative estimate of drug-likeness (QED) is 0.129. The van der Waals surface area contributed by atoms with Crippen LogP contribution in [0.4, 0.5) is 17.1 Å². The minimum atomic E-state index is -0.569. The number of nitriles is 1. The summed E-state index contributed by atoms with van der Waals surface area (Å²) in [5, 5.41) is 14.5. The number of likely N-dealkylation sites (N-methyl/N-ethyl adjacent to an activating group) is 2. The fraction of sp³-hybridized carbons (Fsp3) is 0.353. The van der Waals surface area contributed by atoms with E-state index in [1.165, 1.54) is 29.0 Å². The Labute approximate surface area is 277 Å². The second-order valence-corrected chi connectivity index (χ2v) is 10.9. The van der Waals surface area contributed by atoms with Gasteiger partial charge in [0.2, 0.25) is 11.8 Å². The third-order valence-electron chi connectivity index (χ3n) is 7.10. The lowest BCUT2D eigenvalue weighted by molar-refractivity contribution is -0.129. The Balaban J connectivity index is 0.00000345. The molecule has 0 bridgehead atoms. The summed E-state index contributed by atoms with van der Waals surface area (Å²) in [5.74, 6) is 1.57. The lowest BCUT2D eigenvalue weighted by atomic mass is 10.1. The number of rotatable bonds is 13. The van der Waals surface area contributed by atoms with E-state index in [2.05, 4.69) is 59.2 Å². The number of carbonyl (C=O) groups excluding carboxylic acids is 3. The summed E-state index contributed by atoms with van der Waals surface area (Å²) in [4.78, 5) is 43.7. The third kappa shape index (κ3) is 10.7. The van der Waals surface area contributed by atoms with Crippen molar-refractivity contribution in [1.29, 1.82) is 5.26 Å². The molecule has 0 saturated carbocycles. The first-order valence-corrected chi connectivity index (χ1v) is 16.6. The monoisotopic (exact) mass is 646 g/mol. The Morgan fingerprint density at radius 3 is 2.64 bits per heavy atom. The lowest BCUT2D eigenvalue weighted by Crippen LogP contribution is -2.37. The van der Waals surface area contributed by atoms with Crippen molar-refractivity contribution in [3.05, 3.63) is 77.5 Å². The Bertz CT molecular complexity index is 1480. The van der Waals surface area contributed by atoms with Crippen LogP contribution >= 0.6 is 24.4 Å². The Hall–Kier alpha value is -4.32. The van der Waals surface area contributed by atoms with E-state index in [-0.39, 0.29) is 30.5 Å². The van der Waals surface area contributed by atoms with Crippen LogP contribution < -0.4 is 20.4 Å². The average molecular weight is 647 g/mol. The van der Waals surface area contributed by atoms with Gasteiger partial charge in [0.25, 0.3) is 5.91 Å². The number of carbonyl (C=O) groups is 3. The number of anilines is 3. The zero-order valence-electron chi connectivity index (χ0n) is 26.5. The summed E-state index contributed by atoms with van der Waals surface area (Å²) < 4.78 is 0. The van der Waals surface area contributed by atoms with Crippen LogP contribution in [0.3, 0.4) is 0 Å². The molecule has 0 fully saturated rings. The van der Waals surface area contributed by atoms with Gasteiger partial charge in [0, 0.05) is 43.7 Å². The summed E-state index contributed by atoms with van der Waals surface area (Å²) >= 11 is 4.90. The highest BCUT2D eigenvalue weighted by Crippen LogP contribution is 2.29. The smallest absolute Gasteiger partial charge is 0.262 e. The maximum atomic E-state index is 13.2. The van der Waals surface area contributed by atoms with E-state index < -0.39 is 11.2 Å². The minimum absolute atomic E-state index is 0.00375. The molecule has 11 heteroatoms.